The number of ketones is 1. The topological polar surface area (TPSA) is 26.3 Å². The summed E-state index contributed by atoms with van der Waals surface area (Å²) in [4.78, 5) is 11.1. The van der Waals surface area contributed by atoms with Gasteiger partial charge in [0.15, 0.2) is 0 Å². The lowest BCUT2D eigenvalue weighted by molar-refractivity contribution is -0.122. The minimum absolute atomic E-state index is 0.109. The Balaban J connectivity index is 2.71. The zero-order valence-electron chi connectivity index (χ0n) is 7.63. The van der Waals surface area contributed by atoms with Crippen LogP contribution in [0.5, 0.6) is 0 Å². The molecule has 1 rings (SSSR count). The summed E-state index contributed by atoms with van der Waals surface area (Å²) in [5.74, 6) is 0.752. The molecule has 0 amide bonds. The molecular formula is C9H16O2. The first-order valence-electron chi connectivity index (χ1n) is 4.20. The fraction of sp³-hybridized carbons (Fsp3) is 0.889. The van der Waals surface area contributed by atoms with Gasteiger partial charge in [0.05, 0.1) is 12.2 Å². The molecule has 0 saturated carbocycles. The molecule has 0 bridgehead atoms. The molecule has 0 radical (unpaired) electrons. The lowest BCUT2D eigenvalue weighted by Gasteiger charge is -2.13. The number of carbonyl (C=O) groups is 1. The molecule has 2 nitrogen and oxygen atoms in total. The summed E-state index contributed by atoms with van der Waals surface area (Å²) in [5, 5.41) is 0. The summed E-state index contributed by atoms with van der Waals surface area (Å²) in [6.07, 6.45) is 0.344. The van der Waals surface area contributed by atoms with Crippen molar-refractivity contribution in [3.8, 4) is 0 Å². The molecule has 0 aliphatic carbocycles. The number of carbonyl (C=O) groups excluding carboxylic acids is 1. The van der Waals surface area contributed by atoms with Crippen LogP contribution in [0.25, 0.3) is 0 Å². The van der Waals surface area contributed by atoms with E-state index in [-0.39, 0.29) is 23.9 Å². The van der Waals surface area contributed by atoms with E-state index < -0.39 is 0 Å². The van der Waals surface area contributed by atoms with Crippen LogP contribution in [0.2, 0.25) is 0 Å². The second kappa shape index (κ2) is 2.94. The quantitative estimate of drug-likeness (QED) is 0.577. The summed E-state index contributed by atoms with van der Waals surface area (Å²) in [5.41, 5.74) is 0. The molecule has 64 valence electrons. The molecular weight excluding hydrogens is 140 g/mol. The van der Waals surface area contributed by atoms with Gasteiger partial charge in [-0.3, -0.25) is 4.79 Å². The van der Waals surface area contributed by atoms with Gasteiger partial charge < -0.3 is 4.74 Å². The fourth-order valence-corrected chi connectivity index (χ4v) is 1.97. The molecule has 4 atom stereocenters. The molecule has 0 aromatic rings. The van der Waals surface area contributed by atoms with Crippen LogP contribution < -0.4 is 0 Å². The van der Waals surface area contributed by atoms with Crippen LogP contribution >= 0.6 is 0 Å². The van der Waals surface area contributed by atoms with Crippen molar-refractivity contribution in [1.82, 2.24) is 0 Å². The summed E-state index contributed by atoms with van der Waals surface area (Å²) in [7, 11) is 0. The zero-order chi connectivity index (χ0) is 8.59. The molecule has 2 heteroatoms. The summed E-state index contributed by atoms with van der Waals surface area (Å²) >= 11 is 0. The van der Waals surface area contributed by atoms with Crippen LogP contribution in [0.4, 0.5) is 0 Å². The second-order valence-corrected chi connectivity index (χ2v) is 3.54. The van der Waals surface area contributed by atoms with E-state index in [1.54, 1.807) is 6.92 Å². The van der Waals surface area contributed by atoms with Crippen molar-refractivity contribution in [2.45, 2.75) is 39.9 Å². The first-order valence-corrected chi connectivity index (χ1v) is 4.20. The van der Waals surface area contributed by atoms with Crippen molar-refractivity contribution in [1.29, 1.82) is 0 Å². The SMILES string of the molecule is CC(=O)C1C(C)OC(C)C1C. The molecule has 1 saturated heterocycles. The third-order valence-corrected chi connectivity index (χ3v) is 2.71. The fourth-order valence-electron chi connectivity index (χ4n) is 1.97. The van der Waals surface area contributed by atoms with E-state index in [0.29, 0.717) is 5.92 Å². The maximum Gasteiger partial charge on any atom is 0.135 e. The molecule has 1 heterocycles. The first-order chi connectivity index (χ1) is 5.04. The van der Waals surface area contributed by atoms with E-state index >= 15 is 0 Å². The van der Waals surface area contributed by atoms with Gasteiger partial charge in [-0.1, -0.05) is 6.92 Å². The Morgan fingerprint density at radius 2 is 1.73 bits per heavy atom. The number of ether oxygens (including phenoxy) is 1. The molecule has 0 aromatic heterocycles. The highest BCUT2D eigenvalue weighted by Gasteiger charge is 2.39. The van der Waals surface area contributed by atoms with Crippen molar-refractivity contribution in [2.24, 2.45) is 11.8 Å². The van der Waals surface area contributed by atoms with Gasteiger partial charge in [0, 0.05) is 5.92 Å². The average Bonchev–Trinajstić information content (AvgIpc) is 2.07. The van der Waals surface area contributed by atoms with Crippen LogP contribution in [0.15, 0.2) is 0 Å². The highest BCUT2D eigenvalue weighted by molar-refractivity contribution is 5.79. The van der Waals surface area contributed by atoms with E-state index in [2.05, 4.69) is 6.92 Å². The van der Waals surface area contributed by atoms with Gasteiger partial charge in [-0.05, 0) is 26.7 Å². The maximum absolute atomic E-state index is 11.1. The smallest absolute Gasteiger partial charge is 0.135 e. The Morgan fingerprint density at radius 3 is 1.91 bits per heavy atom. The van der Waals surface area contributed by atoms with Crippen molar-refractivity contribution in [3.05, 3.63) is 0 Å². The average molecular weight is 156 g/mol. The lowest BCUT2D eigenvalue weighted by atomic mass is 9.87. The van der Waals surface area contributed by atoms with Gasteiger partial charge in [-0.15, -0.1) is 0 Å². The van der Waals surface area contributed by atoms with Gasteiger partial charge in [0.2, 0.25) is 0 Å². The van der Waals surface area contributed by atoms with E-state index in [1.165, 1.54) is 0 Å². The molecule has 0 aromatic carbocycles. The molecule has 4 unspecified atom stereocenters. The Hall–Kier alpha value is -0.370. The highest BCUT2D eigenvalue weighted by Crippen LogP contribution is 2.32. The minimum Gasteiger partial charge on any atom is -0.375 e. The van der Waals surface area contributed by atoms with Crippen LogP contribution in [0.1, 0.15) is 27.7 Å². The number of hydrogen-bond acceptors (Lipinski definition) is 2. The molecule has 1 aliphatic heterocycles. The zero-order valence-corrected chi connectivity index (χ0v) is 7.63. The van der Waals surface area contributed by atoms with Crippen LogP contribution in [-0.4, -0.2) is 18.0 Å². The maximum atomic E-state index is 11.1. The summed E-state index contributed by atoms with van der Waals surface area (Å²) in [6, 6.07) is 0. The lowest BCUT2D eigenvalue weighted by Crippen LogP contribution is -2.24. The minimum atomic E-state index is 0.109. The molecule has 0 spiro atoms. The molecule has 0 N–H and O–H groups in total. The highest BCUT2D eigenvalue weighted by atomic mass is 16.5. The number of hydrogen-bond donors (Lipinski definition) is 0. The van der Waals surface area contributed by atoms with Crippen LogP contribution in [0.3, 0.4) is 0 Å². The Kier molecular flexibility index (Phi) is 2.33. The van der Waals surface area contributed by atoms with Crippen LogP contribution in [0, 0.1) is 11.8 Å². The molecule has 1 fully saturated rings. The van der Waals surface area contributed by atoms with E-state index in [9.17, 15) is 4.79 Å². The predicted molar refractivity (Wildman–Crippen MR) is 43.3 cm³/mol. The number of rotatable bonds is 1. The van der Waals surface area contributed by atoms with Gasteiger partial charge in [-0.25, -0.2) is 0 Å². The Bertz CT molecular complexity index is 165. The van der Waals surface area contributed by atoms with Crippen molar-refractivity contribution in [2.75, 3.05) is 0 Å². The van der Waals surface area contributed by atoms with Crippen molar-refractivity contribution >= 4 is 5.78 Å². The number of Topliss-reactive ketones (excluding diaryl/α,β-unsaturated/α-hetero) is 1. The third kappa shape index (κ3) is 1.45. The van der Waals surface area contributed by atoms with E-state index in [4.69, 9.17) is 4.74 Å². The Morgan fingerprint density at radius 1 is 1.18 bits per heavy atom. The predicted octanol–water partition coefficient (Wildman–Crippen LogP) is 1.63. The molecule has 11 heavy (non-hydrogen) atoms. The first kappa shape index (κ1) is 8.72. The summed E-state index contributed by atoms with van der Waals surface area (Å²) in [6.45, 7) is 7.75. The van der Waals surface area contributed by atoms with E-state index in [1.807, 2.05) is 13.8 Å². The third-order valence-electron chi connectivity index (χ3n) is 2.71. The van der Waals surface area contributed by atoms with Crippen molar-refractivity contribution < 1.29 is 9.53 Å². The Labute approximate surface area is 67.9 Å². The van der Waals surface area contributed by atoms with Gasteiger partial charge >= 0.3 is 0 Å². The standard InChI is InChI=1S/C9H16O2/c1-5-7(3)11-8(4)9(5)6(2)10/h5,7-9H,1-4H3. The monoisotopic (exact) mass is 156 g/mol. The van der Waals surface area contributed by atoms with Crippen molar-refractivity contribution in [3.63, 3.8) is 0 Å². The van der Waals surface area contributed by atoms with Gasteiger partial charge in [-0.2, -0.15) is 0 Å². The van der Waals surface area contributed by atoms with Gasteiger partial charge in [0.1, 0.15) is 5.78 Å². The van der Waals surface area contributed by atoms with E-state index in [0.717, 1.165) is 0 Å². The largest absolute Gasteiger partial charge is 0.375 e. The van der Waals surface area contributed by atoms with Crippen LogP contribution in [-0.2, 0) is 9.53 Å². The normalized spacial score (nSPS) is 44.4. The second-order valence-electron chi connectivity index (χ2n) is 3.54. The molecule has 1 aliphatic rings. The van der Waals surface area contributed by atoms with Gasteiger partial charge in [0.25, 0.3) is 0 Å². The summed E-state index contributed by atoms with van der Waals surface area (Å²) < 4.78 is 5.53.